The van der Waals surface area contributed by atoms with Crippen molar-refractivity contribution >= 4 is 5.91 Å². The molecule has 25 heavy (non-hydrogen) atoms. The molecule has 2 aliphatic rings. The van der Waals surface area contributed by atoms with E-state index in [-0.39, 0.29) is 11.5 Å². The van der Waals surface area contributed by atoms with Crippen LogP contribution in [0.2, 0.25) is 0 Å². The highest BCUT2D eigenvalue weighted by Crippen LogP contribution is 2.32. The Morgan fingerprint density at radius 1 is 1.04 bits per heavy atom. The molecular formula is C19H22N4O2. The molecule has 0 spiro atoms. The van der Waals surface area contributed by atoms with Crippen LogP contribution >= 0.6 is 0 Å². The van der Waals surface area contributed by atoms with Gasteiger partial charge in [-0.2, -0.15) is 5.10 Å². The van der Waals surface area contributed by atoms with Gasteiger partial charge in [0.15, 0.2) is 0 Å². The first kappa shape index (κ1) is 16.0. The summed E-state index contributed by atoms with van der Waals surface area (Å²) in [4.78, 5) is 30.3. The Hall–Kier alpha value is -2.50. The summed E-state index contributed by atoms with van der Waals surface area (Å²) in [5, 5.41) is 4.52. The third-order valence-corrected chi connectivity index (χ3v) is 5.13. The van der Waals surface area contributed by atoms with E-state index in [9.17, 15) is 9.59 Å². The summed E-state index contributed by atoms with van der Waals surface area (Å²) in [7, 11) is 0. The van der Waals surface area contributed by atoms with E-state index in [2.05, 4.69) is 10.1 Å². The number of nitrogens with zero attached hydrogens (tertiary/aromatic N) is 4. The predicted octanol–water partition coefficient (Wildman–Crippen LogP) is 1.95. The Bertz CT molecular complexity index is 806. The highest BCUT2D eigenvalue weighted by molar-refractivity contribution is 5.81. The number of hydrogen-bond acceptors (Lipinski definition) is 4. The quantitative estimate of drug-likeness (QED) is 0.854. The maximum Gasteiger partial charge on any atom is 0.266 e. The largest absolute Gasteiger partial charge is 0.342 e. The molecule has 0 unspecified atom stereocenters. The monoisotopic (exact) mass is 338 g/mol. The molecule has 2 aromatic rings. The molecule has 6 heteroatoms. The summed E-state index contributed by atoms with van der Waals surface area (Å²) < 4.78 is 1.57. The van der Waals surface area contributed by atoms with Gasteiger partial charge in [0.25, 0.3) is 5.56 Å². The minimum atomic E-state index is -0.0747. The van der Waals surface area contributed by atoms with E-state index in [0.717, 1.165) is 50.0 Å². The second-order valence-corrected chi connectivity index (χ2v) is 7.02. The van der Waals surface area contributed by atoms with Crippen LogP contribution in [0, 0.1) is 11.8 Å². The van der Waals surface area contributed by atoms with Crippen molar-refractivity contribution in [3.63, 3.8) is 0 Å². The van der Waals surface area contributed by atoms with Crippen LogP contribution in [0.25, 0.3) is 11.3 Å². The van der Waals surface area contributed by atoms with Crippen molar-refractivity contribution in [2.75, 3.05) is 13.1 Å². The Kier molecular flexibility index (Phi) is 4.34. The number of carbonyl (C=O) groups excluding carboxylic acids is 1. The minimum absolute atomic E-state index is 0.0747. The summed E-state index contributed by atoms with van der Waals surface area (Å²) in [6.07, 6.45) is 7.43. The van der Waals surface area contributed by atoms with Crippen LogP contribution < -0.4 is 5.56 Å². The van der Waals surface area contributed by atoms with Gasteiger partial charge in [-0.3, -0.25) is 14.6 Å². The highest BCUT2D eigenvalue weighted by atomic mass is 16.2. The van der Waals surface area contributed by atoms with Gasteiger partial charge in [-0.15, -0.1) is 0 Å². The molecule has 0 radical (unpaired) electrons. The van der Waals surface area contributed by atoms with E-state index >= 15 is 0 Å². The minimum Gasteiger partial charge on any atom is -0.342 e. The fraction of sp³-hybridized carbons (Fsp3) is 0.474. The Morgan fingerprint density at radius 2 is 1.76 bits per heavy atom. The molecule has 1 amide bonds. The lowest BCUT2D eigenvalue weighted by molar-refractivity contribution is -0.134. The molecule has 0 aromatic carbocycles. The molecule has 0 bridgehead atoms. The van der Waals surface area contributed by atoms with Crippen molar-refractivity contribution in [3.8, 4) is 11.3 Å². The van der Waals surface area contributed by atoms with Gasteiger partial charge in [-0.05, 0) is 49.8 Å². The van der Waals surface area contributed by atoms with Crippen LogP contribution in [0.5, 0.6) is 0 Å². The smallest absolute Gasteiger partial charge is 0.266 e. The Labute approximate surface area is 146 Å². The maximum absolute atomic E-state index is 12.2. The molecule has 6 nitrogen and oxygen atoms in total. The SMILES string of the molecule is O=C(C1CC1)N1CCC(Cn2nc(-c3ccncc3)ccc2=O)CC1. The van der Waals surface area contributed by atoms with E-state index < -0.39 is 0 Å². The number of pyridine rings is 1. The lowest BCUT2D eigenvalue weighted by Gasteiger charge is -2.32. The van der Waals surface area contributed by atoms with Gasteiger partial charge < -0.3 is 4.90 Å². The zero-order valence-corrected chi connectivity index (χ0v) is 14.2. The lowest BCUT2D eigenvalue weighted by atomic mass is 9.96. The second kappa shape index (κ2) is 6.78. The normalized spacial score (nSPS) is 18.3. The maximum atomic E-state index is 12.2. The van der Waals surface area contributed by atoms with Crippen molar-refractivity contribution in [2.45, 2.75) is 32.2 Å². The third-order valence-electron chi connectivity index (χ3n) is 5.13. The molecular weight excluding hydrogens is 316 g/mol. The number of hydrogen-bond donors (Lipinski definition) is 0. The molecule has 4 rings (SSSR count). The van der Waals surface area contributed by atoms with Crippen molar-refractivity contribution in [3.05, 3.63) is 47.0 Å². The van der Waals surface area contributed by atoms with Gasteiger partial charge in [0, 0.05) is 49.6 Å². The van der Waals surface area contributed by atoms with E-state index in [4.69, 9.17) is 0 Å². The van der Waals surface area contributed by atoms with Gasteiger partial charge in [-0.25, -0.2) is 4.68 Å². The van der Waals surface area contributed by atoms with E-state index in [1.54, 1.807) is 29.2 Å². The molecule has 1 saturated heterocycles. The van der Waals surface area contributed by atoms with Gasteiger partial charge in [0.1, 0.15) is 0 Å². The van der Waals surface area contributed by atoms with Crippen molar-refractivity contribution in [1.29, 1.82) is 0 Å². The van der Waals surface area contributed by atoms with Gasteiger partial charge in [0.05, 0.1) is 5.69 Å². The number of carbonyl (C=O) groups is 1. The third kappa shape index (κ3) is 3.62. The summed E-state index contributed by atoms with van der Waals surface area (Å²) in [5.74, 6) is 1.01. The molecule has 0 atom stereocenters. The van der Waals surface area contributed by atoms with Crippen molar-refractivity contribution in [2.24, 2.45) is 11.8 Å². The first-order valence-electron chi connectivity index (χ1n) is 8.98. The number of rotatable bonds is 4. The van der Waals surface area contributed by atoms with Crippen LogP contribution in [0.4, 0.5) is 0 Å². The average Bonchev–Trinajstić information content (AvgIpc) is 3.49. The van der Waals surface area contributed by atoms with Crippen LogP contribution in [0.3, 0.4) is 0 Å². The van der Waals surface area contributed by atoms with Crippen LogP contribution in [-0.4, -0.2) is 38.7 Å². The molecule has 1 aliphatic carbocycles. The molecule has 3 heterocycles. The second-order valence-electron chi connectivity index (χ2n) is 7.02. The van der Waals surface area contributed by atoms with Crippen LogP contribution in [0.15, 0.2) is 41.5 Å². The number of likely N-dealkylation sites (tertiary alicyclic amines) is 1. The lowest BCUT2D eigenvalue weighted by Crippen LogP contribution is -2.41. The summed E-state index contributed by atoms with van der Waals surface area (Å²) in [6.45, 7) is 2.22. The molecule has 2 aromatic heterocycles. The molecule has 1 aliphatic heterocycles. The Morgan fingerprint density at radius 3 is 2.44 bits per heavy atom. The van der Waals surface area contributed by atoms with E-state index in [0.29, 0.717) is 18.4 Å². The predicted molar refractivity (Wildman–Crippen MR) is 93.8 cm³/mol. The van der Waals surface area contributed by atoms with Gasteiger partial charge in [-0.1, -0.05) is 0 Å². The topological polar surface area (TPSA) is 68.1 Å². The zero-order valence-electron chi connectivity index (χ0n) is 14.2. The van der Waals surface area contributed by atoms with E-state index in [1.165, 1.54) is 0 Å². The van der Waals surface area contributed by atoms with Gasteiger partial charge >= 0.3 is 0 Å². The first-order chi connectivity index (χ1) is 12.2. The Balaban J connectivity index is 1.43. The number of piperidine rings is 1. The van der Waals surface area contributed by atoms with Crippen LogP contribution in [0.1, 0.15) is 25.7 Å². The van der Waals surface area contributed by atoms with Crippen molar-refractivity contribution < 1.29 is 4.79 Å². The zero-order chi connectivity index (χ0) is 17.2. The summed E-state index contributed by atoms with van der Waals surface area (Å²) in [5.41, 5.74) is 1.66. The van der Waals surface area contributed by atoms with Crippen LogP contribution in [-0.2, 0) is 11.3 Å². The number of amides is 1. The summed E-state index contributed by atoms with van der Waals surface area (Å²) in [6, 6.07) is 7.11. The molecule has 0 N–H and O–H groups in total. The first-order valence-corrected chi connectivity index (χ1v) is 8.98. The fourth-order valence-corrected chi connectivity index (χ4v) is 3.43. The molecule has 130 valence electrons. The van der Waals surface area contributed by atoms with Gasteiger partial charge in [0.2, 0.25) is 5.91 Å². The molecule has 1 saturated carbocycles. The average molecular weight is 338 g/mol. The number of aromatic nitrogens is 3. The molecule has 2 fully saturated rings. The fourth-order valence-electron chi connectivity index (χ4n) is 3.43. The highest BCUT2D eigenvalue weighted by Gasteiger charge is 2.34. The standard InChI is InChI=1S/C19H22N4O2/c24-18-4-3-17(15-5-9-20-10-6-15)21-23(18)13-14-7-11-22(12-8-14)19(25)16-1-2-16/h3-6,9-10,14,16H,1-2,7-8,11-13H2. The van der Waals surface area contributed by atoms with Crippen molar-refractivity contribution in [1.82, 2.24) is 19.7 Å². The van der Waals surface area contributed by atoms with E-state index in [1.807, 2.05) is 17.0 Å². The summed E-state index contributed by atoms with van der Waals surface area (Å²) >= 11 is 0.